The van der Waals surface area contributed by atoms with Crippen LogP contribution in [0.4, 0.5) is 5.69 Å². The Morgan fingerprint density at radius 1 is 1.00 bits per heavy atom. The Kier molecular flexibility index (Phi) is 8.81. The first-order valence-electron chi connectivity index (χ1n) is 10.2. The fraction of sp³-hybridized carbons (Fsp3) is 0.261. The summed E-state index contributed by atoms with van der Waals surface area (Å²) in [4.78, 5) is 48.5. The largest absolute Gasteiger partial charge is 0.508 e. The summed E-state index contributed by atoms with van der Waals surface area (Å²) in [6.07, 6.45) is 0.0323. The van der Waals surface area contributed by atoms with E-state index in [0.29, 0.717) is 11.3 Å². The first-order chi connectivity index (χ1) is 15.6. The third kappa shape index (κ3) is 7.25. The number of Topliss-reactive ketones (excluding diaryl/α,β-unsaturated/α-hetero) is 1. The number of rotatable bonds is 8. The Morgan fingerprint density at radius 2 is 1.67 bits per heavy atom. The number of amides is 3. The maximum absolute atomic E-state index is 12.9. The van der Waals surface area contributed by atoms with E-state index >= 15 is 0 Å². The van der Waals surface area contributed by atoms with Crippen LogP contribution >= 0.6 is 0 Å². The third-order valence-corrected chi connectivity index (χ3v) is 4.96. The topological polar surface area (TPSA) is 163 Å². The molecule has 0 aromatic heterocycles. The number of aryl methyl sites for hydroxylation is 2. The normalized spacial score (nSPS) is 11.9. The molecular weight excluding hydrogens is 426 g/mol. The van der Waals surface area contributed by atoms with Crippen molar-refractivity contribution in [3.63, 3.8) is 0 Å². The summed E-state index contributed by atoms with van der Waals surface area (Å²) in [5, 5.41) is 16.2. The smallest absolute Gasteiger partial charge is 0.330 e. The van der Waals surface area contributed by atoms with E-state index in [1.54, 1.807) is 12.3 Å². The van der Waals surface area contributed by atoms with Gasteiger partial charge < -0.3 is 10.4 Å². The second kappa shape index (κ2) is 11.5. The van der Waals surface area contributed by atoms with Gasteiger partial charge in [-0.15, -0.1) is 0 Å². The van der Waals surface area contributed by atoms with Crippen LogP contribution in [-0.2, 0) is 14.4 Å². The van der Waals surface area contributed by atoms with E-state index in [2.05, 4.69) is 15.8 Å². The average molecular weight is 453 g/mol. The minimum atomic E-state index is -1.11. The lowest BCUT2D eigenvalue weighted by Crippen LogP contribution is -2.42. The second-order valence-electron chi connectivity index (χ2n) is 7.52. The molecule has 0 heterocycles. The monoisotopic (exact) mass is 453 g/mol. The van der Waals surface area contributed by atoms with E-state index in [1.807, 2.05) is 32.0 Å². The van der Waals surface area contributed by atoms with Gasteiger partial charge in [0, 0.05) is 23.4 Å². The Hall–Kier alpha value is -4.05. The van der Waals surface area contributed by atoms with Crippen molar-refractivity contribution in [2.24, 2.45) is 16.9 Å². The maximum atomic E-state index is 12.9. The molecule has 33 heavy (non-hydrogen) atoms. The summed E-state index contributed by atoms with van der Waals surface area (Å²) in [5.74, 6) is 1.28. The number of hydrazine groups is 1. The van der Waals surface area contributed by atoms with Gasteiger partial charge in [0.05, 0.1) is 5.92 Å². The summed E-state index contributed by atoms with van der Waals surface area (Å²) in [6, 6.07) is 11.4. The van der Waals surface area contributed by atoms with E-state index in [9.17, 15) is 24.3 Å². The quantitative estimate of drug-likeness (QED) is 0.102. The summed E-state index contributed by atoms with van der Waals surface area (Å²) in [5.41, 5.74) is 6.83. The van der Waals surface area contributed by atoms with Crippen LogP contribution < -0.4 is 22.0 Å². The van der Waals surface area contributed by atoms with Crippen LogP contribution in [0, 0.1) is 19.8 Å². The SMILES string of the molecule is Cc1ccc(C)c(NC(=O)CC/C(=N\NC(=O)C(=O)NN)[C@H](C)C(=O)c2ccc(O)cc2)c1. The molecule has 0 aliphatic carbocycles. The first-order valence-corrected chi connectivity index (χ1v) is 10.2. The maximum Gasteiger partial charge on any atom is 0.330 e. The number of carbonyl (C=O) groups excluding carboxylic acids is 4. The lowest BCUT2D eigenvalue weighted by Gasteiger charge is -2.15. The molecule has 174 valence electrons. The number of nitrogens with two attached hydrogens (primary N) is 1. The van der Waals surface area contributed by atoms with Crippen LogP contribution in [0.2, 0.25) is 0 Å². The molecule has 3 amide bonds. The van der Waals surface area contributed by atoms with Gasteiger partial charge in [-0.1, -0.05) is 12.1 Å². The standard InChI is InChI=1S/C23H27N5O5/c1-13-4-5-14(2)19(12-13)25-20(30)11-10-18(27-28-23(33)22(32)26-24)15(3)21(31)16-6-8-17(29)9-7-16/h4-9,12,15,29H,10-11,24H2,1-3H3,(H,25,30)(H,26,32)(H,28,33)/b27-18+/t15-/m0/s1. The van der Waals surface area contributed by atoms with Gasteiger partial charge in [-0.05, 0) is 68.7 Å². The number of hydrazone groups is 1. The lowest BCUT2D eigenvalue weighted by molar-refractivity contribution is -0.139. The number of aromatic hydroxyl groups is 1. The number of ketones is 1. The molecule has 10 heteroatoms. The molecule has 0 unspecified atom stereocenters. The summed E-state index contributed by atoms with van der Waals surface area (Å²) < 4.78 is 0. The van der Waals surface area contributed by atoms with E-state index in [-0.39, 0.29) is 36.0 Å². The van der Waals surface area contributed by atoms with Gasteiger partial charge in [-0.25, -0.2) is 11.3 Å². The summed E-state index contributed by atoms with van der Waals surface area (Å²) in [7, 11) is 0. The van der Waals surface area contributed by atoms with E-state index in [4.69, 9.17) is 5.84 Å². The number of carbonyl (C=O) groups is 4. The molecule has 2 aromatic rings. The summed E-state index contributed by atoms with van der Waals surface area (Å²) >= 11 is 0. The van der Waals surface area contributed by atoms with Crippen molar-refractivity contribution in [2.45, 2.75) is 33.6 Å². The molecule has 2 rings (SSSR count). The lowest BCUT2D eigenvalue weighted by atomic mass is 9.92. The number of phenolic OH excluding ortho intramolecular Hbond substituents is 1. The molecule has 0 aliphatic rings. The minimum absolute atomic E-state index is 0.0104. The molecule has 10 nitrogen and oxygen atoms in total. The van der Waals surface area contributed by atoms with Crippen LogP contribution in [0.15, 0.2) is 47.6 Å². The van der Waals surface area contributed by atoms with Crippen molar-refractivity contribution in [2.75, 3.05) is 5.32 Å². The second-order valence-corrected chi connectivity index (χ2v) is 7.52. The van der Waals surface area contributed by atoms with Crippen molar-refractivity contribution < 1.29 is 24.3 Å². The van der Waals surface area contributed by atoms with Crippen LogP contribution in [0.3, 0.4) is 0 Å². The van der Waals surface area contributed by atoms with Gasteiger partial charge in [0.15, 0.2) is 5.78 Å². The molecule has 6 N–H and O–H groups in total. The van der Waals surface area contributed by atoms with Crippen molar-refractivity contribution in [3.8, 4) is 5.75 Å². The van der Waals surface area contributed by atoms with Crippen LogP contribution in [0.1, 0.15) is 41.3 Å². The van der Waals surface area contributed by atoms with Gasteiger partial charge >= 0.3 is 11.8 Å². The first kappa shape index (κ1) is 25.2. The van der Waals surface area contributed by atoms with Crippen LogP contribution in [0.25, 0.3) is 0 Å². The zero-order chi connectivity index (χ0) is 24.5. The highest BCUT2D eigenvalue weighted by atomic mass is 16.3. The number of benzene rings is 2. The zero-order valence-corrected chi connectivity index (χ0v) is 18.6. The number of nitrogens with zero attached hydrogens (tertiary/aromatic N) is 1. The third-order valence-electron chi connectivity index (χ3n) is 4.96. The van der Waals surface area contributed by atoms with Crippen LogP contribution in [-0.4, -0.2) is 34.3 Å². The molecule has 0 aliphatic heterocycles. The molecule has 0 fully saturated rings. The Balaban J connectivity index is 2.17. The van der Waals surface area contributed by atoms with Gasteiger partial charge in [0.25, 0.3) is 0 Å². The highest BCUT2D eigenvalue weighted by Gasteiger charge is 2.23. The molecule has 0 spiro atoms. The molecule has 1 atom stereocenters. The Morgan fingerprint density at radius 3 is 2.30 bits per heavy atom. The molecule has 0 saturated carbocycles. The molecule has 2 aromatic carbocycles. The van der Waals surface area contributed by atoms with Crippen molar-refractivity contribution >= 4 is 34.9 Å². The Bertz CT molecular complexity index is 1080. The van der Waals surface area contributed by atoms with Crippen molar-refractivity contribution in [1.29, 1.82) is 0 Å². The van der Waals surface area contributed by atoms with E-state index < -0.39 is 17.7 Å². The van der Waals surface area contributed by atoms with Gasteiger partial charge in [0.1, 0.15) is 5.75 Å². The average Bonchev–Trinajstić information content (AvgIpc) is 2.80. The van der Waals surface area contributed by atoms with Gasteiger partial charge in [-0.2, -0.15) is 5.10 Å². The number of hydrogen-bond donors (Lipinski definition) is 5. The predicted octanol–water partition coefficient (Wildman–Crippen LogP) is 1.71. The molecular formula is C23H27N5O5. The zero-order valence-electron chi connectivity index (χ0n) is 18.6. The Labute approximate surface area is 191 Å². The summed E-state index contributed by atoms with van der Waals surface area (Å²) in [6.45, 7) is 5.36. The minimum Gasteiger partial charge on any atom is -0.508 e. The van der Waals surface area contributed by atoms with E-state index in [0.717, 1.165) is 11.1 Å². The molecule has 0 radical (unpaired) electrons. The van der Waals surface area contributed by atoms with Crippen molar-refractivity contribution in [3.05, 3.63) is 59.2 Å². The van der Waals surface area contributed by atoms with Gasteiger partial charge in [-0.3, -0.25) is 24.6 Å². The fourth-order valence-corrected chi connectivity index (χ4v) is 2.96. The number of hydrogen-bond acceptors (Lipinski definition) is 7. The number of phenols is 1. The molecule has 0 bridgehead atoms. The highest BCUT2D eigenvalue weighted by Crippen LogP contribution is 2.19. The van der Waals surface area contributed by atoms with E-state index in [1.165, 1.54) is 24.3 Å². The number of anilines is 1. The fourth-order valence-electron chi connectivity index (χ4n) is 2.96. The van der Waals surface area contributed by atoms with Crippen molar-refractivity contribution in [1.82, 2.24) is 10.9 Å². The predicted molar refractivity (Wildman–Crippen MR) is 123 cm³/mol. The molecule has 0 saturated heterocycles. The van der Waals surface area contributed by atoms with Crippen LogP contribution in [0.5, 0.6) is 5.75 Å². The highest BCUT2D eigenvalue weighted by molar-refractivity contribution is 6.35. The number of nitrogens with one attached hydrogen (secondary N) is 3. The van der Waals surface area contributed by atoms with Gasteiger partial charge in [0.2, 0.25) is 5.91 Å².